The van der Waals surface area contributed by atoms with Crippen LogP contribution in [0.5, 0.6) is 0 Å². The fraction of sp³-hybridized carbons (Fsp3) is 0. The fourth-order valence-corrected chi connectivity index (χ4v) is 2.83. The normalized spacial score (nSPS) is 10.6. The molecule has 0 fully saturated rings. The Morgan fingerprint density at radius 2 is 2.08 bits per heavy atom. The van der Waals surface area contributed by atoms with Gasteiger partial charge in [-0.25, -0.2) is 9.97 Å². The van der Waals surface area contributed by atoms with Crippen molar-refractivity contribution >= 4 is 22.4 Å². The molecule has 122 valence electrons. The van der Waals surface area contributed by atoms with Gasteiger partial charge in [-0.3, -0.25) is 19.7 Å². The lowest BCUT2D eigenvalue weighted by Crippen LogP contribution is -2.14. The molecule has 0 aromatic carbocycles. The molecule has 0 aliphatic heterocycles. The molecular formula is C16H11N7OS. The van der Waals surface area contributed by atoms with Crippen LogP contribution in [0.1, 0.15) is 10.5 Å². The summed E-state index contributed by atoms with van der Waals surface area (Å²) in [5.41, 5.74) is 1.86. The van der Waals surface area contributed by atoms with E-state index in [0.717, 1.165) is 11.3 Å². The number of nitrogens with one attached hydrogen (secondary N) is 1. The van der Waals surface area contributed by atoms with E-state index in [1.807, 2.05) is 17.5 Å². The van der Waals surface area contributed by atoms with Crippen LogP contribution in [0.2, 0.25) is 0 Å². The molecule has 0 unspecified atom stereocenters. The van der Waals surface area contributed by atoms with Crippen molar-refractivity contribution in [3.8, 4) is 17.1 Å². The second-order valence-corrected chi connectivity index (χ2v) is 5.84. The molecule has 0 bridgehead atoms. The highest BCUT2D eigenvalue weighted by Crippen LogP contribution is 2.24. The minimum atomic E-state index is -0.364. The third kappa shape index (κ3) is 3.26. The van der Waals surface area contributed by atoms with E-state index < -0.39 is 0 Å². The molecule has 0 atom stereocenters. The minimum absolute atomic E-state index is 0.210. The van der Waals surface area contributed by atoms with Crippen LogP contribution in [-0.2, 0) is 0 Å². The molecule has 0 spiro atoms. The highest BCUT2D eigenvalue weighted by atomic mass is 32.1. The molecule has 1 amide bonds. The SMILES string of the molecule is O=C(Nc1nc(-c2cccnc2)cs1)c1ccc(-n2ccnc2)nn1. The zero-order chi connectivity index (χ0) is 17.1. The molecule has 4 heterocycles. The van der Waals surface area contributed by atoms with Crippen molar-refractivity contribution in [1.82, 2.24) is 29.7 Å². The highest BCUT2D eigenvalue weighted by Gasteiger charge is 2.12. The van der Waals surface area contributed by atoms with E-state index in [9.17, 15) is 4.79 Å². The van der Waals surface area contributed by atoms with E-state index >= 15 is 0 Å². The Labute approximate surface area is 146 Å². The van der Waals surface area contributed by atoms with Crippen molar-refractivity contribution in [3.63, 3.8) is 0 Å². The van der Waals surface area contributed by atoms with Crippen LogP contribution in [0.25, 0.3) is 17.1 Å². The quantitative estimate of drug-likeness (QED) is 0.607. The van der Waals surface area contributed by atoms with Gasteiger partial charge in [0.25, 0.3) is 5.91 Å². The number of thiazole rings is 1. The van der Waals surface area contributed by atoms with E-state index in [2.05, 4.69) is 30.5 Å². The van der Waals surface area contributed by atoms with Crippen molar-refractivity contribution in [2.75, 3.05) is 5.32 Å². The summed E-state index contributed by atoms with van der Waals surface area (Å²) in [6.07, 6.45) is 8.43. The van der Waals surface area contributed by atoms with Gasteiger partial charge in [0.05, 0.1) is 5.69 Å². The lowest BCUT2D eigenvalue weighted by Gasteiger charge is -2.02. The number of rotatable bonds is 4. The summed E-state index contributed by atoms with van der Waals surface area (Å²) in [5, 5.41) is 13.1. The fourth-order valence-electron chi connectivity index (χ4n) is 2.12. The number of pyridine rings is 1. The first-order valence-electron chi connectivity index (χ1n) is 7.29. The molecule has 0 saturated carbocycles. The summed E-state index contributed by atoms with van der Waals surface area (Å²) in [4.78, 5) is 24.7. The largest absolute Gasteiger partial charge is 0.296 e. The third-order valence-corrected chi connectivity index (χ3v) is 4.09. The van der Waals surface area contributed by atoms with Crippen LogP contribution >= 0.6 is 11.3 Å². The van der Waals surface area contributed by atoms with Gasteiger partial charge in [0.15, 0.2) is 16.6 Å². The predicted octanol–water partition coefficient (Wildman–Crippen LogP) is 2.43. The standard InChI is InChI=1S/C16H11N7OS/c24-15(12-3-4-14(22-21-12)23-7-6-18-10-23)20-16-19-13(9-25-16)11-2-1-5-17-8-11/h1-10H,(H,19,20,24). The van der Waals surface area contributed by atoms with Gasteiger partial charge in [-0.2, -0.15) is 0 Å². The van der Waals surface area contributed by atoms with Gasteiger partial charge >= 0.3 is 0 Å². The van der Waals surface area contributed by atoms with Crippen LogP contribution in [0, 0.1) is 0 Å². The van der Waals surface area contributed by atoms with Crippen LogP contribution in [0.3, 0.4) is 0 Å². The number of nitrogens with zero attached hydrogens (tertiary/aromatic N) is 6. The average molecular weight is 349 g/mol. The van der Waals surface area contributed by atoms with Crippen molar-refractivity contribution in [1.29, 1.82) is 0 Å². The molecule has 4 aromatic rings. The molecule has 1 N–H and O–H groups in total. The number of imidazole rings is 1. The summed E-state index contributed by atoms with van der Waals surface area (Å²) in [6, 6.07) is 7.05. The Bertz CT molecular complexity index is 981. The monoisotopic (exact) mass is 349 g/mol. The van der Waals surface area contributed by atoms with Gasteiger partial charge in [-0.15, -0.1) is 21.5 Å². The van der Waals surface area contributed by atoms with Crippen molar-refractivity contribution in [2.24, 2.45) is 0 Å². The highest BCUT2D eigenvalue weighted by molar-refractivity contribution is 7.14. The maximum Gasteiger partial charge on any atom is 0.277 e. The first-order valence-corrected chi connectivity index (χ1v) is 8.17. The maximum atomic E-state index is 12.3. The molecule has 0 aliphatic carbocycles. The van der Waals surface area contributed by atoms with Crippen LogP contribution < -0.4 is 5.32 Å². The Morgan fingerprint density at radius 3 is 2.80 bits per heavy atom. The number of hydrogen-bond donors (Lipinski definition) is 1. The number of carbonyl (C=O) groups excluding carboxylic acids is 1. The molecule has 0 aliphatic rings. The van der Waals surface area contributed by atoms with Crippen molar-refractivity contribution in [2.45, 2.75) is 0 Å². The molecule has 0 radical (unpaired) electrons. The van der Waals surface area contributed by atoms with Gasteiger partial charge in [-0.1, -0.05) is 0 Å². The molecule has 4 aromatic heterocycles. The summed E-state index contributed by atoms with van der Waals surface area (Å²) in [5.74, 6) is 0.221. The van der Waals surface area contributed by atoms with E-state index in [1.54, 1.807) is 47.8 Å². The third-order valence-electron chi connectivity index (χ3n) is 3.33. The topological polar surface area (TPSA) is 98.5 Å². The van der Waals surface area contributed by atoms with Gasteiger partial charge in [-0.05, 0) is 24.3 Å². The predicted molar refractivity (Wildman–Crippen MR) is 92.5 cm³/mol. The number of anilines is 1. The molecular weight excluding hydrogens is 338 g/mol. The molecule has 4 rings (SSSR count). The van der Waals surface area contributed by atoms with Gasteiger partial charge in [0.2, 0.25) is 0 Å². The number of hydrogen-bond acceptors (Lipinski definition) is 7. The van der Waals surface area contributed by atoms with Crippen molar-refractivity contribution in [3.05, 3.63) is 66.5 Å². The van der Waals surface area contributed by atoms with Crippen LogP contribution in [-0.4, -0.2) is 35.6 Å². The Balaban J connectivity index is 1.48. The van der Waals surface area contributed by atoms with Gasteiger partial charge in [0, 0.05) is 35.7 Å². The molecule has 8 nitrogen and oxygen atoms in total. The molecule has 9 heteroatoms. The molecule has 25 heavy (non-hydrogen) atoms. The zero-order valence-electron chi connectivity index (χ0n) is 12.8. The van der Waals surface area contributed by atoms with Gasteiger partial charge < -0.3 is 0 Å². The Morgan fingerprint density at radius 1 is 1.12 bits per heavy atom. The van der Waals surface area contributed by atoms with Crippen LogP contribution in [0.15, 0.2) is 60.8 Å². The number of amides is 1. The van der Waals surface area contributed by atoms with E-state index in [-0.39, 0.29) is 11.6 Å². The van der Waals surface area contributed by atoms with E-state index in [1.165, 1.54) is 11.3 Å². The minimum Gasteiger partial charge on any atom is -0.296 e. The van der Waals surface area contributed by atoms with E-state index in [0.29, 0.717) is 10.9 Å². The lowest BCUT2D eigenvalue weighted by atomic mass is 10.2. The Kier molecular flexibility index (Phi) is 3.97. The zero-order valence-corrected chi connectivity index (χ0v) is 13.6. The lowest BCUT2D eigenvalue weighted by molar-refractivity contribution is 0.102. The summed E-state index contributed by atoms with van der Waals surface area (Å²) in [6.45, 7) is 0. The number of carbonyl (C=O) groups is 1. The average Bonchev–Trinajstić information content (AvgIpc) is 3.35. The van der Waals surface area contributed by atoms with Crippen LogP contribution in [0.4, 0.5) is 5.13 Å². The summed E-state index contributed by atoms with van der Waals surface area (Å²) < 4.78 is 1.70. The smallest absolute Gasteiger partial charge is 0.277 e. The number of aromatic nitrogens is 6. The first kappa shape index (κ1) is 15.1. The summed E-state index contributed by atoms with van der Waals surface area (Å²) >= 11 is 1.34. The van der Waals surface area contributed by atoms with E-state index in [4.69, 9.17) is 0 Å². The first-order chi connectivity index (χ1) is 12.3. The van der Waals surface area contributed by atoms with Crippen molar-refractivity contribution < 1.29 is 4.79 Å². The maximum absolute atomic E-state index is 12.3. The second kappa shape index (κ2) is 6.57. The molecule has 0 saturated heterocycles. The van der Waals surface area contributed by atoms with Gasteiger partial charge in [0.1, 0.15) is 6.33 Å². The Hall–Kier alpha value is -3.46. The summed E-state index contributed by atoms with van der Waals surface area (Å²) in [7, 11) is 0. The second-order valence-electron chi connectivity index (χ2n) is 4.98.